The summed E-state index contributed by atoms with van der Waals surface area (Å²) in [6.45, 7) is 15.7. The average Bonchev–Trinajstić information content (AvgIpc) is 2.47. The van der Waals surface area contributed by atoms with Crippen molar-refractivity contribution in [2.24, 2.45) is 4.99 Å². The zero-order valence-electron chi connectivity index (χ0n) is 12.0. The van der Waals surface area contributed by atoms with Crippen LogP contribution < -0.4 is 0 Å². The molecule has 0 aromatic rings. The number of aliphatic imine (C=N–C) groups is 1. The number of hydrogen-bond acceptors (Lipinski definition) is 3. The largest absolute Gasteiger partial charge is 0.496 e. The quantitative estimate of drug-likeness (QED) is 0.434. The lowest BCUT2D eigenvalue weighted by molar-refractivity contribution is 0.00578. The Morgan fingerprint density at radius 2 is 1.67 bits per heavy atom. The number of hydrogen-bond donors (Lipinski definition) is 0. The van der Waals surface area contributed by atoms with Gasteiger partial charge >= 0.3 is 7.12 Å². The van der Waals surface area contributed by atoms with Gasteiger partial charge in [-0.2, -0.15) is 0 Å². The molecular formula is C14H22BNO2. The molecule has 0 bridgehead atoms. The Balaban J connectivity index is 3.02. The van der Waals surface area contributed by atoms with Crippen LogP contribution in [0.25, 0.3) is 0 Å². The van der Waals surface area contributed by atoms with Crippen LogP contribution in [-0.4, -0.2) is 31.6 Å². The van der Waals surface area contributed by atoms with Gasteiger partial charge in [0.15, 0.2) is 0 Å². The third kappa shape index (κ3) is 3.00. The first-order valence-corrected chi connectivity index (χ1v) is 6.04. The van der Waals surface area contributed by atoms with Crippen molar-refractivity contribution >= 4 is 13.3 Å². The maximum atomic E-state index is 5.97. The Morgan fingerprint density at radius 1 is 1.17 bits per heavy atom. The van der Waals surface area contributed by atoms with E-state index in [1.807, 2.05) is 33.8 Å². The van der Waals surface area contributed by atoms with Crippen molar-refractivity contribution in [3.63, 3.8) is 0 Å². The van der Waals surface area contributed by atoms with Crippen molar-refractivity contribution in [3.05, 3.63) is 36.4 Å². The maximum absolute atomic E-state index is 5.97. The lowest BCUT2D eigenvalue weighted by Gasteiger charge is -2.32. The molecular weight excluding hydrogens is 225 g/mol. The second kappa shape index (κ2) is 5.25. The van der Waals surface area contributed by atoms with E-state index in [1.54, 1.807) is 19.3 Å². The summed E-state index contributed by atoms with van der Waals surface area (Å²) in [4.78, 5) is 4.03. The molecule has 0 aromatic carbocycles. The van der Waals surface area contributed by atoms with Crippen LogP contribution in [0.3, 0.4) is 0 Å². The molecule has 0 unspecified atom stereocenters. The molecule has 1 aliphatic heterocycles. The van der Waals surface area contributed by atoms with E-state index >= 15 is 0 Å². The van der Waals surface area contributed by atoms with Gasteiger partial charge in [-0.15, -0.1) is 0 Å². The SMILES string of the molecule is C=CC(=C)C=C(C=NC)B1OC(C)(C)C(C)(C)O1. The lowest BCUT2D eigenvalue weighted by Crippen LogP contribution is -2.41. The van der Waals surface area contributed by atoms with E-state index in [4.69, 9.17) is 9.31 Å². The van der Waals surface area contributed by atoms with E-state index in [2.05, 4.69) is 18.2 Å². The predicted octanol–water partition coefficient (Wildman–Crippen LogP) is 2.99. The highest BCUT2D eigenvalue weighted by Gasteiger charge is 2.52. The fourth-order valence-corrected chi connectivity index (χ4v) is 1.57. The molecule has 1 aliphatic rings. The summed E-state index contributed by atoms with van der Waals surface area (Å²) < 4.78 is 11.9. The molecule has 0 radical (unpaired) electrons. The van der Waals surface area contributed by atoms with Crippen molar-refractivity contribution in [3.8, 4) is 0 Å². The van der Waals surface area contributed by atoms with Gasteiger partial charge in [0.25, 0.3) is 0 Å². The Bertz CT molecular complexity index is 392. The number of rotatable bonds is 4. The number of allylic oxidation sites excluding steroid dienone is 4. The lowest BCUT2D eigenvalue weighted by atomic mass is 9.78. The molecule has 98 valence electrons. The summed E-state index contributed by atoms with van der Waals surface area (Å²) in [6.07, 6.45) is 5.30. The van der Waals surface area contributed by atoms with Crippen molar-refractivity contribution < 1.29 is 9.31 Å². The van der Waals surface area contributed by atoms with Crippen LogP contribution in [-0.2, 0) is 9.31 Å². The molecule has 0 aliphatic carbocycles. The van der Waals surface area contributed by atoms with Gasteiger partial charge in [0.05, 0.1) is 11.2 Å². The minimum absolute atomic E-state index is 0.353. The van der Waals surface area contributed by atoms with Gasteiger partial charge in [-0.25, -0.2) is 0 Å². The van der Waals surface area contributed by atoms with Crippen LogP contribution in [0.1, 0.15) is 27.7 Å². The summed E-state index contributed by atoms with van der Waals surface area (Å²) in [7, 11) is 1.30. The third-order valence-corrected chi connectivity index (χ3v) is 3.42. The second-order valence-electron chi connectivity index (χ2n) is 5.40. The van der Waals surface area contributed by atoms with Crippen LogP contribution >= 0.6 is 0 Å². The molecule has 0 spiro atoms. The van der Waals surface area contributed by atoms with E-state index in [9.17, 15) is 0 Å². The maximum Gasteiger partial charge on any atom is 0.496 e. The molecule has 0 N–H and O–H groups in total. The topological polar surface area (TPSA) is 30.8 Å². The van der Waals surface area contributed by atoms with Gasteiger partial charge in [-0.3, -0.25) is 4.99 Å². The Kier molecular flexibility index (Phi) is 4.35. The van der Waals surface area contributed by atoms with Gasteiger partial charge in [-0.05, 0) is 33.3 Å². The molecule has 3 nitrogen and oxygen atoms in total. The molecule has 1 fully saturated rings. The molecule has 1 saturated heterocycles. The van der Waals surface area contributed by atoms with Crippen LogP contribution in [0.2, 0.25) is 0 Å². The molecule has 0 atom stereocenters. The monoisotopic (exact) mass is 247 g/mol. The van der Waals surface area contributed by atoms with Crippen LogP contribution in [0.15, 0.2) is 41.3 Å². The zero-order valence-corrected chi connectivity index (χ0v) is 12.0. The summed E-state index contributed by atoms with van der Waals surface area (Å²) in [5, 5.41) is 0. The van der Waals surface area contributed by atoms with Crippen molar-refractivity contribution in [1.82, 2.24) is 0 Å². The average molecular weight is 247 g/mol. The van der Waals surface area contributed by atoms with E-state index in [0.717, 1.165) is 11.0 Å². The highest BCUT2D eigenvalue weighted by Crippen LogP contribution is 2.38. The van der Waals surface area contributed by atoms with E-state index in [0.29, 0.717) is 0 Å². The fourth-order valence-electron chi connectivity index (χ4n) is 1.57. The van der Waals surface area contributed by atoms with Crippen LogP contribution in [0.4, 0.5) is 0 Å². The normalized spacial score (nSPS) is 22.5. The standard InChI is InChI=1S/C14H22BNO2/c1-8-11(2)9-12(10-16-7)15-17-13(3,4)14(5,6)18-15/h8-10H,1-2H2,3-7H3. The van der Waals surface area contributed by atoms with E-state index in [1.165, 1.54) is 0 Å². The first-order chi connectivity index (χ1) is 8.23. The molecule has 4 heteroatoms. The summed E-state index contributed by atoms with van der Waals surface area (Å²) in [5.74, 6) is 0. The smallest absolute Gasteiger partial charge is 0.399 e. The number of nitrogens with zero attached hydrogens (tertiary/aromatic N) is 1. The minimum atomic E-state index is -0.421. The summed E-state index contributed by atoms with van der Waals surface area (Å²) >= 11 is 0. The van der Waals surface area contributed by atoms with Gasteiger partial charge in [0.2, 0.25) is 0 Å². The highest BCUT2D eigenvalue weighted by molar-refractivity contribution is 6.60. The van der Waals surface area contributed by atoms with Crippen LogP contribution in [0, 0.1) is 0 Å². The Labute approximate surface area is 110 Å². The highest BCUT2D eigenvalue weighted by atomic mass is 16.7. The summed E-state index contributed by atoms with van der Waals surface area (Å²) in [6, 6.07) is 0. The van der Waals surface area contributed by atoms with Gasteiger partial charge in [0, 0.05) is 18.7 Å². The molecule has 18 heavy (non-hydrogen) atoms. The van der Waals surface area contributed by atoms with E-state index in [-0.39, 0.29) is 11.2 Å². The van der Waals surface area contributed by atoms with Gasteiger partial charge in [0.1, 0.15) is 0 Å². The van der Waals surface area contributed by atoms with Gasteiger partial charge < -0.3 is 9.31 Å². The van der Waals surface area contributed by atoms with Gasteiger partial charge in [-0.1, -0.05) is 25.3 Å². The van der Waals surface area contributed by atoms with Crippen molar-refractivity contribution in [2.75, 3.05) is 7.05 Å². The molecule has 0 amide bonds. The Morgan fingerprint density at radius 3 is 2.06 bits per heavy atom. The van der Waals surface area contributed by atoms with E-state index < -0.39 is 7.12 Å². The first-order valence-electron chi connectivity index (χ1n) is 6.04. The Hall–Kier alpha value is -1.13. The van der Waals surface area contributed by atoms with Crippen molar-refractivity contribution in [1.29, 1.82) is 0 Å². The van der Waals surface area contributed by atoms with Crippen LogP contribution in [0.5, 0.6) is 0 Å². The second-order valence-corrected chi connectivity index (χ2v) is 5.40. The first kappa shape index (κ1) is 14.9. The predicted molar refractivity (Wildman–Crippen MR) is 77.9 cm³/mol. The molecule has 1 rings (SSSR count). The zero-order chi connectivity index (χ0) is 14.0. The van der Waals surface area contributed by atoms with Crippen molar-refractivity contribution in [2.45, 2.75) is 38.9 Å². The molecule has 1 heterocycles. The molecule has 0 saturated carbocycles. The summed E-state index contributed by atoms with van der Waals surface area (Å²) in [5.41, 5.74) is 0.947. The third-order valence-electron chi connectivity index (χ3n) is 3.42. The minimum Gasteiger partial charge on any atom is -0.399 e. The fraction of sp³-hybridized carbons (Fsp3) is 0.500. The molecule has 0 aromatic heterocycles.